The largest absolute Gasteiger partial charge is 0.338 e. The van der Waals surface area contributed by atoms with Gasteiger partial charge in [0.1, 0.15) is 11.6 Å². The highest BCUT2D eigenvalue weighted by Gasteiger charge is 2.32. The summed E-state index contributed by atoms with van der Waals surface area (Å²) in [6, 6.07) is 6.39. The molecule has 1 saturated carbocycles. The minimum atomic E-state index is -0.412. The number of hydrogen-bond donors (Lipinski definition) is 1. The van der Waals surface area contributed by atoms with E-state index in [4.69, 9.17) is 4.98 Å². The highest BCUT2D eigenvalue weighted by molar-refractivity contribution is 5.94. The molecule has 2 fully saturated rings. The molecule has 2 aromatic rings. The number of rotatable bonds is 3. The molecule has 1 aliphatic carbocycles. The molecule has 1 saturated heterocycles. The maximum absolute atomic E-state index is 13.5. The average Bonchev–Trinajstić information content (AvgIpc) is 3.29. The number of nitrogens with zero attached hydrogens (tertiary/aromatic N) is 3. The van der Waals surface area contributed by atoms with Gasteiger partial charge >= 0.3 is 0 Å². The van der Waals surface area contributed by atoms with Gasteiger partial charge in [-0.05, 0) is 37.5 Å². The summed E-state index contributed by atoms with van der Waals surface area (Å²) in [5.41, 5.74) is 2.05. The van der Waals surface area contributed by atoms with E-state index < -0.39 is 5.82 Å². The van der Waals surface area contributed by atoms with Gasteiger partial charge in [-0.15, -0.1) is 0 Å². The molecular weight excluding hydrogens is 395 g/mol. The molecule has 1 unspecified atom stereocenters. The lowest BCUT2D eigenvalue weighted by molar-refractivity contribution is 0.0790. The van der Waals surface area contributed by atoms with Crippen LogP contribution in [0.1, 0.15) is 71.9 Å². The molecule has 7 heteroatoms. The van der Waals surface area contributed by atoms with Crippen LogP contribution in [0.25, 0.3) is 0 Å². The summed E-state index contributed by atoms with van der Waals surface area (Å²) in [7, 11) is 0. The van der Waals surface area contributed by atoms with Crippen molar-refractivity contribution in [2.45, 2.75) is 63.5 Å². The number of amides is 1. The van der Waals surface area contributed by atoms with Gasteiger partial charge < -0.3 is 9.88 Å². The van der Waals surface area contributed by atoms with E-state index in [1.165, 1.54) is 44.2 Å². The van der Waals surface area contributed by atoms with Gasteiger partial charge in [-0.1, -0.05) is 25.3 Å². The molecule has 3 heterocycles. The predicted octanol–water partition coefficient (Wildman–Crippen LogP) is 3.23. The second kappa shape index (κ2) is 8.54. The lowest BCUT2D eigenvalue weighted by atomic mass is 9.92. The summed E-state index contributed by atoms with van der Waals surface area (Å²) in [6.45, 7) is 2.72. The highest BCUT2D eigenvalue weighted by atomic mass is 19.1. The molecule has 1 aromatic carbocycles. The van der Waals surface area contributed by atoms with Crippen molar-refractivity contribution >= 4 is 5.91 Å². The molecule has 6 nitrogen and oxygen atoms in total. The van der Waals surface area contributed by atoms with Crippen LogP contribution in [0.4, 0.5) is 4.39 Å². The van der Waals surface area contributed by atoms with Crippen molar-refractivity contribution in [1.82, 2.24) is 19.8 Å². The summed E-state index contributed by atoms with van der Waals surface area (Å²) >= 11 is 0. The van der Waals surface area contributed by atoms with Crippen LogP contribution in [0.15, 0.2) is 29.1 Å². The number of carbonyl (C=O) groups excluding carboxylic acids is 1. The van der Waals surface area contributed by atoms with E-state index in [0.717, 1.165) is 30.6 Å². The van der Waals surface area contributed by atoms with Gasteiger partial charge in [-0.25, -0.2) is 9.37 Å². The number of fused-ring (bicyclic) bond motifs is 1. The molecule has 0 spiro atoms. The van der Waals surface area contributed by atoms with E-state index in [1.54, 1.807) is 17.0 Å². The van der Waals surface area contributed by atoms with E-state index in [0.29, 0.717) is 37.1 Å². The summed E-state index contributed by atoms with van der Waals surface area (Å²) in [6.07, 6.45) is 7.92. The molecule has 31 heavy (non-hydrogen) atoms. The van der Waals surface area contributed by atoms with Gasteiger partial charge in [0.05, 0.1) is 11.3 Å². The Morgan fingerprint density at radius 3 is 2.77 bits per heavy atom. The van der Waals surface area contributed by atoms with Crippen molar-refractivity contribution in [2.24, 2.45) is 0 Å². The number of halogens is 1. The molecule has 0 bridgehead atoms. The Labute approximate surface area is 181 Å². The first-order chi connectivity index (χ1) is 15.1. The topological polar surface area (TPSA) is 69.3 Å². The Morgan fingerprint density at radius 1 is 1.13 bits per heavy atom. The minimum Gasteiger partial charge on any atom is -0.338 e. The second-order valence-electron chi connectivity index (χ2n) is 9.14. The molecule has 0 radical (unpaired) electrons. The average molecular weight is 425 g/mol. The zero-order valence-corrected chi connectivity index (χ0v) is 17.8. The third kappa shape index (κ3) is 4.15. The van der Waals surface area contributed by atoms with Crippen LogP contribution < -0.4 is 5.56 Å². The van der Waals surface area contributed by atoms with Crippen LogP contribution in [0.5, 0.6) is 0 Å². The Bertz CT molecular complexity index is 1030. The Hall–Kier alpha value is -2.54. The van der Waals surface area contributed by atoms with Crippen LogP contribution in [0, 0.1) is 5.82 Å². The fourth-order valence-corrected chi connectivity index (χ4v) is 5.39. The Kier molecular flexibility index (Phi) is 5.61. The summed E-state index contributed by atoms with van der Waals surface area (Å²) in [5.74, 6) is 0.103. The monoisotopic (exact) mass is 424 g/mol. The number of aromatic nitrogens is 2. The maximum atomic E-state index is 13.5. The van der Waals surface area contributed by atoms with Crippen LogP contribution in [0.3, 0.4) is 0 Å². The van der Waals surface area contributed by atoms with Crippen LogP contribution >= 0.6 is 0 Å². The quantitative estimate of drug-likeness (QED) is 0.821. The van der Waals surface area contributed by atoms with E-state index >= 15 is 0 Å². The third-order valence-corrected chi connectivity index (χ3v) is 7.14. The molecule has 1 amide bonds. The second-order valence-corrected chi connectivity index (χ2v) is 9.14. The summed E-state index contributed by atoms with van der Waals surface area (Å²) < 4.78 is 13.5. The van der Waals surface area contributed by atoms with Gasteiger partial charge in [0.2, 0.25) is 0 Å². The van der Waals surface area contributed by atoms with Crippen molar-refractivity contribution in [3.8, 4) is 0 Å². The number of nitrogens with one attached hydrogen (secondary N) is 1. The Balaban J connectivity index is 1.29. The first-order valence-electron chi connectivity index (χ1n) is 11.5. The predicted molar refractivity (Wildman–Crippen MR) is 116 cm³/mol. The fraction of sp³-hybridized carbons (Fsp3) is 0.542. The number of benzene rings is 1. The Morgan fingerprint density at radius 2 is 1.97 bits per heavy atom. The first-order valence-corrected chi connectivity index (χ1v) is 11.5. The van der Waals surface area contributed by atoms with Gasteiger partial charge in [0, 0.05) is 50.1 Å². The van der Waals surface area contributed by atoms with Crippen molar-refractivity contribution in [3.63, 3.8) is 0 Å². The molecular formula is C24H29FN4O2. The normalized spacial score (nSPS) is 22.5. The lowest BCUT2D eigenvalue weighted by Crippen LogP contribution is -2.43. The molecule has 1 aromatic heterocycles. The van der Waals surface area contributed by atoms with Crippen molar-refractivity contribution in [1.29, 1.82) is 0 Å². The molecule has 2 aliphatic heterocycles. The SMILES string of the molecule is O=C(c1cccc(F)c1)N1CCC(c2nc3c(c(=O)[nH]2)CN(C2CCCCC2)CC3)C1. The fourth-order valence-electron chi connectivity index (χ4n) is 5.39. The molecule has 1 N–H and O–H groups in total. The van der Waals surface area contributed by atoms with E-state index in [1.807, 2.05) is 0 Å². The van der Waals surface area contributed by atoms with Crippen LogP contribution in [-0.4, -0.2) is 51.4 Å². The maximum Gasteiger partial charge on any atom is 0.255 e. The third-order valence-electron chi connectivity index (χ3n) is 7.14. The van der Waals surface area contributed by atoms with Crippen LogP contribution in [-0.2, 0) is 13.0 Å². The minimum absolute atomic E-state index is 0.00637. The van der Waals surface area contributed by atoms with E-state index in [2.05, 4.69) is 9.88 Å². The lowest BCUT2D eigenvalue weighted by Gasteiger charge is -2.37. The number of carbonyl (C=O) groups is 1. The van der Waals surface area contributed by atoms with Crippen molar-refractivity contribution in [2.75, 3.05) is 19.6 Å². The number of hydrogen-bond acceptors (Lipinski definition) is 4. The molecule has 164 valence electrons. The van der Waals surface area contributed by atoms with Crippen molar-refractivity contribution < 1.29 is 9.18 Å². The highest BCUT2D eigenvalue weighted by Crippen LogP contribution is 2.29. The smallest absolute Gasteiger partial charge is 0.255 e. The van der Waals surface area contributed by atoms with Gasteiger partial charge in [-0.3, -0.25) is 14.5 Å². The first kappa shape index (κ1) is 20.4. The number of aromatic amines is 1. The van der Waals surface area contributed by atoms with Gasteiger partial charge in [0.25, 0.3) is 11.5 Å². The summed E-state index contributed by atoms with van der Waals surface area (Å²) in [5, 5.41) is 0. The number of likely N-dealkylation sites (tertiary alicyclic amines) is 1. The van der Waals surface area contributed by atoms with Gasteiger partial charge in [0.15, 0.2) is 0 Å². The standard InChI is InChI=1S/C24H29FN4O2/c25-18-6-4-5-16(13-18)24(31)29-11-9-17(14-29)22-26-21-10-12-28(15-20(21)23(30)27-22)19-7-2-1-3-8-19/h4-6,13,17,19H,1-3,7-12,14-15H2,(H,26,27,30). The van der Waals surface area contributed by atoms with E-state index in [9.17, 15) is 14.0 Å². The van der Waals surface area contributed by atoms with Gasteiger partial charge in [-0.2, -0.15) is 0 Å². The number of H-pyrrole nitrogens is 1. The van der Waals surface area contributed by atoms with E-state index in [-0.39, 0.29) is 17.4 Å². The molecule has 1 atom stereocenters. The van der Waals surface area contributed by atoms with Crippen molar-refractivity contribution in [3.05, 3.63) is 63.1 Å². The zero-order valence-electron chi connectivity index (χ0n) is 17.8. The molecule has 5 rings (SSSR count). The molecule has 3 aliphatic rings. The summed E-state index contributed by atoms with van der Waals surface area (Å²) in [4.78, 5) is 37.7. The zero-order chi connectivity index (χ0) is 21.4. The van der Waals surface area contributed by atoms with Crippen LogP contribution in [0.2, 0.25) is 0 Å².